The molecule has 2 N–H and O–H groups in total. The summed E-state index contributed by atoms with van der Waals surface area (Å²) in [7, 11) is 1.48. The van der Waals surface area contributed by atoms with E-state index in [0.717, 1.165) is 0 Å². The number of carbonyl (C=O) groups is 1. The number of aliphatic hydroxyl groups excluding tert-OH is 1. The summed E-state index contributed by atoms with van der Waals surface area (Å²) in [6.07, 6.45) is -0.884. The molecule has 1 unspecified atom stereocenters. The highest BCUT2D eigenvalue weighted by Crippen LogP contribution is 2.32. The lowest BCUT2D eigenvalue weighted by molar-refractivity contribution is 0.0913. The smallest absolute Gasteiger partial charge is 0.255 e. The third-order valence-electron chi connectivity index (χ3n) is 3.81. The molecule has 1 aliphatic rings. The Kier molecular flexibility index (Phi) is 5.31. The average Bonchev–Trinajstić information content (AvgIpc) is 2.65. The van der Waals surface area contributed by atoms with Gasteiger partial charge in [-0.25, -0.2) is 0 Å². The maximum absolute atomic E-state index is 12.3. The van der Waals surface area contributed by atoms with Gasteiger partial charge in [-0.3, -0.25) is 4.79 Å². The van der Waals surface area contributed by atoms with Gasteiger partial charge in [0.25, 0.3) is 5.91 Å². The molecule has 0 spiro atoms. The quantitative estimate of drug-likeness (QED) is 0.853. The molecule has 1 heterocycles. The minimum absolute atomic E-state index is 0.0359. The Labute approximate surface area is 150 Å². The van der Waals surface area contributed by atoms with Crippen molar-refractivity contribution in [2.24, 2.45) is 0 Å². The predicted octanol–water partition coefficient (Wildman–Crippen LogP) is 2.58. The lowest BCUT2D eigenvalue weighted by atomic mass is 10.1. The van der Waals surface area contributed by atoms with Crippen LogP contribution in [0, 0.1) is 0 Å². The van der Waals surface area contributed by atoms with Crippen LogP contribution in [0.1, 0.15) is 22.0 Å². The van der Waals surface area contributed by atoms with E-state index in [2.05, 4.69) is 5.32 Å². The minimum atomic E-state index is -0.884. The van der Waals surface area contributed by atoms with Gasteiger partial charge in [0.1, 0.15) is 19.0 Å². The van der Waals surface area contributed by atoms with Crippen LogP contribution in [0.4, 0.5) is 0 Å². The van der Waals surface area contributed by atoms with Crippen LogP contribution in [-0.4, -0.2) is 37.9 Å². The molecule has 0 aliphatic carbocycles. The second kappa shape index (κ2) is 7.63. The molecular formula is C18H18ClNO5. The van der Waals surface area contributed by atoms with Crippen LogP contribution in [0.15, 0.2) is 36.4 Å². The van der Waals surface area contributed by atoms with E-state index in [4.69, 9.17) is 25.8 Å². The van der Waals surface area contributed by atoms with E-state index in [9.17, 15) is 9.90 Å². The predicted molar refractivity (Wildman–Crippen MR) is 92.7 cm³/mol. The van der Waals surface area contributed by atoms with E-state index in [1.165, 1.54) is 13.2 Å². The molecule has 2 aromatic carbocycles. The maximum atomic E-state index is 12.3. The van der Waals surface area contributed by atoms with Crippen molar-refractivity contribution in [3.8, 4) is 17.2 Å². The SMILES string of the molecule is COc1ccc(Cl)cc1C(=O)NCC(O)c1ccc2c(c1)OCCO2. The summed E-state index contributed by atoms with van der Waals surface area (Å²) in [5.74, 6) is 1.27. The van der Waals surface area contributed by atoms with Crippen molar-refractivity contribution < 1.29 is 24.1 Å². The average molecular weight is 364 g/mol. The summed E-state index contributed by atoms with van der Waals surface area (Å²) in [4.78, 5) is 12.3. The first-order valence-electron chi connectivity index (χ1n) is 7.78. The van der Waals surface area contributed by atoms with Gasteiger partial charge >= 0.3 is 0 Å². The summed E-state index contributed by atoms with van der Waals surface area (Å²) >= 11 is 5.93. The first kappa shape index (κ1) is 17.4. The van der Waals surface area contributed by atoms with E-state index in [0.29, 0.717) is 46.6 Å². The van der Waals surface area contributed by atoms with Crippen molar-refractivity contribution in [2.45, 2.75) is 6.10 Å². The van der Waals surface area contributed by atoms with Crippen molar-refractivity contribution >= 4 is 17.5 Å². The highest BCUT2D eigenvalue weighted by Gasteiger charge is 2.18. The van der Waals surface area contributed by atoms with E-state index < -0.39 is 6.10 Å². The van der Waals surface area contributed by atoms with E-state index in [-0.39, 0.29) is 12.5 Å². The van der Waals surface area contributed by atoms with Crippen LogP contribution in [0.25, 0.3) is 0 Å². The zero-order valence-electron chi connectivity index (χ0n) is 13.6. The topological polar surface area (TPSA) is 77.0 Å². The van der Waals surface area contributed by atoms with Gasteiger partial charge in [0.15, 0.2) is 11.5 Å². The third-order valence-corrected chi connectivity index (χ3v) is 4.05. The zero-order valence-corrected chi connectivity index (χ0v) is 14.4. The molecule has 0 bridgehead atoms. The Morgan fingerprint density at radius 3 is 2.76 bits per heavy atom. The molecule has 7 heteroatoms. The fourth-order valence-electron chi connectivity index (χ4n) is 2.53. The Morgan fingerprint density at radius 1 is 1.24 bits per heavy atom. The van der Waals surface area contributed by atoms with E-state index in [1.54, 1.807) is 30.3 Å². The number of hydrogen-bond acceptors (Lipinski definition) is 5. The van der Waals surface area contributed by atoms with Crippen molar-refractivity contribution in [1.82, 2.24) is 5.32 Å². The first-order valence-corrected chi connectivity index (χ1v) is 8.15. The summed E-state index contributed by atoms with van der Waals surface area (Å²) in [6, 6.07) is 9.98. The lowest BCUT2D eigenvalue weighted by Crippen LogP contribution is -2.28. The fraction of sp³-hybridized carbons (Fsp3) is 0.278. The largest absolute Gasteiger partial charge is 0.496 e. The summed E-state index contributed by atoms with van der Waals surface area (Å²) in [6.45, 7) is 1.01. The van der Waals surface area contributed by atoms with Gasteiger partial charge in [0, 0.05) is 11.6 Å². The molecule has 0 aromatic heterocycles. The van der Waals surface area contributed by atoms with Gasteiger partial charge in [0.2, 0.25) is 0 Å². The number of halogens is 1. The number of hydrogen-bond donors (Lipinski definition) is 2. The van der Waals surface area contributed by atoms with Crippen molar-refractivity contribution in [2.75, 3.05) is 26.9 Å². The molecule has 132 valence electrons. The van der Waals surface area contributed by atoms with Crippen LogP contribution >= 0.6 is 11.6 Å². The van der Waals surface area contributed by atoms with Gasteiger partial charge < -0.3 is 24.6 Å². The number of rotatable bonds is 5. The van der Waals surface area contributed by atoms with Gasteiger partial charge in [-0.15, -0.1) is 0 Å². The molecule has 1 amide bonds. The lowest BCUT2D eigenvalue weighted by Gasteiger charge is -2.20. The Bertz CT molecular complexity index is 780. The maximum Gasteiger partial charge on any atom is 0.255 e. The summed E-state index contributed by atoms with van der Waals surface area (Å²) < 4.78 is 16.1. The molecule has 0 saturated carbocycles. The zero-order chi connectivity index (χ0) is 17.8. The van der Waals surface area contributed by atoms with Crippen LogP contribution in [0.5, 0.6) is 17.2 Å². The monoisotopic (exact) mass is 363 g/mol. The molecule has 3 rings (SSSR count). The van der Waals surface area contributed by atoms with Crippen LogP contribution < -0.4 is 19.5 Å². The van der Waals surface area contributed by atoms with Crippen LogP contribution in [-0.2, 0) is 0 Å². The number of aliphatic hydroxyl groups is 1. The fourth-order valence-corrected chi connectivity index (χ4v) is 2.70. The number of fused-ring (bicyclic) bond motifs is 1. The summed E-state index contributed by atoms with van der Waals surface area (Å²) in [5, 5.41) is 13.4. The van der Waals surface area contributed by atoms with Crippen LogP contribution in [0.2, 0.25) is 5.02 Å². The number of carbonyl (C=O) groups excluding carboxylic acids is 1. The number of amides is 1. The second-order valence-electron chi connectivity index (χ2n) is 5.47. The molecule has 2 aromatic rings. The van der Waals surface area contributed by atoms with Gasteiger partial charge in [-0.1, -0.05) is 17.7 Å². The van der Waals surface area contributed by atoms with E-state index >= 15 is 0 Å². The molecular weight excluding hydrogens is 346 g/mol. The normalized spacial score (nSPS) is 13.9. The number of benzene rings is 2. The van der Waals surface area contributed by atoms with Crippen molar-refractivity contribution in [1.29, 1.82) is 0 Å². The molecule has 6 nitrogen and oxygen atoms in total. The van der Waals surface area contributed by atoms with Gasteiger partial charge in [-0.2, -0.15) is 0 Å². The van der Waals surface area contributed by atoms with Crippen LogP contribution in [0.3, 0.4) is 0 Å². The van der Waals surface area contributed by atoms with E-state index in [1.807, 2.05) is 0 Å². The first-order chi connectivity index (χ1) is 12.1. The van der Waals surface area contributed by atoms with Gasteiger partial charge in [0.05, 0.1) is 18.8 Å². The minimum Gasteiger partial charge on any atom is -0.496 e. The van der Waals surface area contributed by atoms with Crippen molar-refractivity contribution in [3.63, 3.8) is 0 Å². The second-order valence-corrected chi connectivity index (χ2v) is 5.91. The Morgan fingerprint density at radius 2 is 2.00 bits per heavy atom. The molecule has 0 saturated heterocycles. The van der Waals surface area contributed by atoms with Gasteiger partial charge in [-0.05, 0) is 35.9 Å². The number of ether oxygens (including phenoxy) is 3. The molecule has 0 radical (unpaired) electrons. The Balaban J connectivity index is 1.67. The summed E-state index contributed by atoms with van der Waals surface area (Å²) in [5.41, 5.74) is 0.937. The highest BCUT2D eigenvalue weighted by atomic mass is 35.5. The molecule has 25 heavy (non-hydrogen) atoms. The number of nitrogens with one attached hydrogen (secondary N) is 1. The molecule has 1 aliphatic heterocycles. The highest BCUT2D eigenvalue weighted by molar-refractivity contribution is 6.31. The molecule has 0 fully saturated rings. The Hall–Kier alpha value is -2.44. The van der Waals surface area contributed by atoms with Crippen molar-refractivity contribution in [3.05, 3.63) is 52.5 Å². The number of methoxy groups -OCH3 is 1. The third kappa shape index (κ3) is 3.97. The molecule has 1 atom stereocenters. The standard InChI is InChI=1S/C18H18ClNO5/c1-23-15-5-3-12(19)9-13(15)18(22)20-10-14(21)11-2-4-16-17(8-11)25-7-6-24-16/h2-5,8-9,14,21H,6-7,10H2,1H3,(H,20,22).